The maximum atomic E-state index is 12.8. The molecular weight excluding hydrogens is 338 g/mol. The molecule has 2 aliphatic rings. The van der Waals surface area contributed by atoms with Crippen molar-refractivity contribution >= 4 is 17.6 Å². The second-order valence-electron chi connectivity index (χ2n) is 7.15. The van der Waals surface area contributed by atoms with Crippen LogP contribution >= 0.6 is 11.6 Å². The van der Waals surface area contributed by atoms with Crippen LogP contribution in [0.2, 0.25) is 5.02 Å². The van der Waals surface area contributed by atoms with Gasteiger partial charge in [0.05, 0.1) is 12.0 Å². The van der Waals surface area contributed by atoms with Gasteiger partial charge in [0.15, 0.2) is 0 Å². The molecule has 4 nitrogen and oxygen atoms in total. The topological polar surface area (TPSA) is 38.8 Å². The highest BCUT2D eigenvalue weighted by Gasteiger charge is 2.44. The number of rotatable bonds is 5. The predicted molar refractivity (Wildman–Crippen MR) is 98.9 cm³/mol. The standard InChI is InChI=1S/C20H28ClNO3/c1-2-25-19(23)20(15-16-5-3-4-6-18(16)21)9-11-22(12-10-20)17-7-13-24-14-8-17/h3-6,17H,2,7-15H2,1H3. The number of hydrogen-bond acceptors (Lipinski definition) is 4. The van der Waals surface area contributed by atoms with E-state index in [0.717, 1.165) is 62.6 Å². The Morgan fingerprint density at radius 2 is 1.96 bits per heavy atom. The minimum absolute atomic E-state index is 0.0680. The van der Waals surface area contributed by atoms with Crippen LogP contribution in [0.1, 0.15) is 38.2 Å². The SMILES string of the molecule is CCOC(=O)C1(Cc2ccccc2Cl)CCN(C2CCOCC2)CC1. The highest BCUT2D eigenvalue weighted by Crippen LogP contribution is 2.39. The Hall–Kier alpha value is -1.10. The number of benzene rings is 1. The van der Waals surface area contributed by atoms with Gasteiger partial charge < -0.3 is 14.4 Å². The van der Waals surface area contributed by atoms with E-state index in [2.05, 4.69) is 4.90 Å². The van der Waals surface area contributed by atoms with Gasteiger partial charge in [-0.15, -0.1) is 0 Å². The lowest BCUT2D eigenvalue weighted by atomic mass is 9.73. The van der Waals surface area contributed by atoms with E-state index in [9.17, 15) is 4.79 Å². The quantitative estimate of drug-likeness (QED) is 0.746. The van der Waals surface area contributed by atoms with Crippen LogP contribution in [0.25, 0.3) is 0 Å². The zero-order valence-electron chi connectivity index (χ0n) is 15.0. The fourth-order valence-corrected chi connectivity index (χ4v) is 4.31. The number of carbonyl (C=O) groups is 1. The van der Waals surface area contributed by atoms with E-state index in [4.69, 9.17) is 21.1 Å². The summed E-state index contributed by atoms with van der Waals surface area (Å²) in [6, 6.07) is 8.42. The molecule has 1 aromatic rings. The van der Waals surface area contributed by atoms with Crippen LogP contribution in [0, 0.1) is 5.41 Å². The van der Waals surface area contributed by atoms with Crippen LogP contribution in [0.4, 0.5) is 0 Å². The first-order valence-corrected chi connectivity index (χ1v) is 9.75. The lowest BCUT2D eigenvalue weighted by Crippen LogP contribution is -2.50. The number of esters is 1. The summed E-state index contributed by atoms with van der Waals surface area (Å²) in [6.07, 6.45) is 4.50. The summed E-state index contributed by atoms with van der Waals surface area (Å²) in [6.45, 7) is 5.88. The maximum Gasteiger partial charge on any atom is 0.312 e. The Morgan fingerprint density at radius 1 is 1.28 bits per heavy atom. The molecule has 2 fully saturated rings. The molecule has 0 amide bonds. The van der Waals surface area contributed by atoms with Crippen molar-refractivity contribution in [3.63, 3.8) is 0 Å². The highest BCUT2D eigenvalue weighted by molar-refractivity contribution is 6.31. The third-order valence-corrected chi connectivity index (χ3v) is 6.03. The molecule has 0 spiro atoms. The molecule has 0 aliphatic carbocycles. The van der Waals surface area contributed by atoms with Crippen molar-refractivity contribution in [1.29, 1.82) is 0 Å². The lowest BCUT2D eigenvalue weighted by molar-refractivity contribution is -0.159. The Bertz CT molecular complexity index is 578. The van der Waals surface area contributed by atoms with Gasteiger partial charge in [-0.3, -0.25) is 4.79 Å². The zero-order valence-corrected chi connectivity index (χ0v) is 15.8. The summed E-state index contributed by atoms with van der Waals surface area (Å²) < 4.78 is 10.9. The molecule has 2 aliphatic heterocycles. The van der Waals surface area contributed by atoms with Crippen molar-refractivity contribution in [3.05, 3.63) is 34.9 Å². The van der Waals surface area contributed by atoms with Gasteiger partial charge >= 0.3 is 5.97 Å². The summed E-state index contributed by atoms with van der Waals surface area (Å²) in [4.78, 5) is 15.3. The molecule has 138 valence electrons. The van der Waals surface area contributed by atoms with Crippen LogP contribution in [0.15, 0.2) is 24.3 Å². The molecule has 0 radical (unpaired) electrons. The van der Waals surface area contributed by atoms with E-state index in [1.54, 1.807) is 0 Å². The van der Waals surface area contributed by atoms with Gasteiger partial charge in [0.2, 0.25) is 0 Å². The van der Waals surface area contributed by atoms with Gasteiger partial charge in [0.1, 0.15) is 0 Å². The third kappa shape index (κ3) is 4.36. The van der Waals surface area contributed by atoms with E-state index in [0.29, 0.717) is 19.1 Å². The zero-order chi connectivity index (χ0) is 17.7. The number of ether oxygens (including phenoxy) is 2. The average molecular weight is 366 g/mol. The fourth-order valence-electron chi connectivity index (χ4n) is 4.11. The Labute approximate surface area is 155 Å². The van der Waals surface area contributed by atoms with Crippen LogP contribution < -0.4 is 0 Å². The molecule has 2 heterocycles. The van der Waals surface area contributed by atoms with Crippen molar-refractivity contribution in [3.8, 4) is 0 Å². The first-order chi connectivity index (χ1) is 12.1. The highest BCUT2D eigenvalue weighted by atomic mass is 35.5. The van der Waals surface area contributed by atoms with Crippen molar-refractivity contribution in [1.82, 2.24) is 4.90 Å². The number of halogens is 1. The first-order valence-electron chi connectivity index (χ1n) is 9.37. The minimum Gasteiger partial charge on any atom is -0.466 e. The summed E-state index contributed by atoms with van der Waals surface area (Å²) in [7, 11) is 0. The molecule has 0 atom stereocenters. The third-order valence-electron chi connectivity index (χ3n) is 5.66. The van der Waals surface area contributed by atoms with Gasteiger partial charge in [0.25, 0.3) is 0 Å². The normalized spacial score (nSPS) is 21.8. The molecule has 3 rings (SSSR count). The lowest BCUT2D eigenvalue weighted by Gasteiger charge is -2.44. The Morgan fingerprint density at radius 3 is 2.60 bits per heavy atom. The molecule has 0 bridgehead atoms. The van der Waals surface area contributed by atoms with Gasteiger partial charge in [-0.1, -0.05) is 29.8 Å². The molecule has 0 unspecified atom stereocenters. The van der Waals surface area contributed by atoms with Gasteiger partial charge in [0, 0.05) is 24.3 Å². The number of likely N-dealkylation sites (tertiary alicyclic amines) is 1. The predicted octanol–water partition coefficient (Wildman–Crippen LogP) is 3.71. The number of nitrogens with zero attached hydrogens (tertiary/aromatic N) is 1. The number of hydrogen-bond donors (Lipinski definition) is 0. The summed E-state index contributed by atoms with van der Waals surface area (Å²) in [5.74, 6) is -0.0680. The second kappa shape index (κ2) is 8.52. The number of piperidine rings is 1. The molecule has 0 aromatic heterocycles. The Balaban J connectivity index is 1.73. The smallest absolute Gasteiger partial charge is 0.312 e. The summed E-state index contributed by atoms with van der Waals surface area (Å²) in [5, 5.41) is 0.734. The van der Waals surface area contributed by atoms with E-state index in [-0.39, 0.29) is 5.97 Å². The van der Waals surface area contributed by atoms with Crippen LogP contribution in [0.5, 0.6) is 0 Å². The van der Waals surface area contributed by atoms with Crippen LogP contribution in [-0.2, 0) is 20.7 Å². The second-order valence-corrected chi connectivity index (χ2v) is 7.56. The van der Waals surface area contributed by atoms with E-state index in [1.807, 2.05) is 31.2 Å². The molecule has 1 aromatic carbocycles. The van der Waals surface area contributed by atoms with E-state index >= 15 is 0 Å². The molecular formula is C20H28ClNO3. The molecule has 2 saturated heterocycles. The van der Waals surface area contributed by atoms with E-state index in [1.165, 1.54) is 0 Å². The van der Waals surface area contributed by atoms with Crippen molar-refractivity contribution < 1.29 is 14.3 Å². The van der Waals surface area contributed by atoms with Gasteiger partial charge in [-0.25, -0.2) is 0 Å². The van der Waals surface area contributed by atoms with Crippen LogP contribution in [-0.4, -0.2) is 49.8 Å². The monoisotopic (exact) mass is 365 g/mol. The molecule has 0 saturated carbocycles. The summed E-state index contributed by atoms with van der Waals surface area (Å²) in [5.41, 5.74) is 0.583. The largest absolute Gasteiger partial charge is 0.466 e. The van der Waals surface area contributed by atoms with Crippen LogP contribution in [0.3, 0.4) is 0 Å². The van der Waals surface area contributed by atoms with Gasteiger partial charge in [-0.2, -0.15) is 0 Å². The fraction of sp³-hybridized carbons (Fsp3) is 0.650. The van der Waals surface area contributed by atoms with E-state index < -0.39 is 5.41 Å². The Kier molecular flexibility index (Phi) is 6.37. The first kappa shape index (κ1) is 18.7. The molecule has 5 heteroatoms. The average Bonchev–Trinajstić information content (AvgIpc) is 2.65. The molecule has 0 N–H and O–H groups in total. The minimum atomic E-state index is -0.456. The van der Waals surface area contributed by atoms with Gasteiger partial charge in [-0.05, 0) is 63.7 Å². The summed E-state index contributed by atoms with van der Waals surface area (Å²) >= 11 is 6.36. The number of carbonyl (C=O) groups excluding carboxylic acids is 1. The maximum absolute atomic E-state index is 12.8. The van der Waals surface area contributed by atoms with Crippen molar-refractivity contribution in [2.75, 3.05) is 32.9 Å². The molecule has 25 heavy (non-hydrogen) atoms. The van der Waals surface area contributed by atoms with Crippen molar-refractivity contribution in [2.24, 2.45) is 5.41 Å². The van der Waals surface area contributed by atoms with Crippen molar-refractivity contribution in [2.45, 2.75) is 45.1 Å².